The van der Waals surface area contributed by atoms with Crippen LogP contribution in [0.1, 0.15) is 64.0 Å². The molecule has 4 rings (SSSR count). The van der Waals surface area contributed by atoms with Gasteiger partial charge in [0, 0.05) is 0 Å². The third kappa shape index (κ3) is 3.72. The van der Waals surface area contributed by atoms with Gasteiger partial charge in [-0.25, -0.2) is 0 Å². The standard InChI is InChI=1S/C27H40Si/c1-5-20(2)19-28(16-7-6-8-17-28)27-22(4)18-26-24(10-9-11-25(26)27)23-14-12-21(3)13-15-23/h9-15,20,22,25-27H,5-8,16-19H2,1-4H3. The van der Waals surface area contributed by atoms with E-state index in [0.29, 0.717) is 0 Å². The van der Waals surface area contributed by atoms with Gasteiger partial charge in [0.1, 0.15) is 0 Å². The molecule has 28 heavy (non-hydrogen) atoms. The average molecular weight is 393 g/mol. The fourth-order valence-corrected chi connectivity index (χ4v) is 14.9. The van der Waals surface area contributed by atoms with Crippen LogP contribution in [-0.2, 0) is 0 Å². The van der Waals surface area contributed by atoms with Gasteiger partial charge in [0.05, 0.1) is 8.07 Å². The predicted octanol–water partition coefficient (Wildman–Crippen LogP) is 8.27. The highest BCUT2D eigenvalue weighted by Crippen LogP contribution is 2.60. The van der Waals surface area contributed by atoms with E-state index in [1.54, 1.807) is 23.7 Å². The van der Waals surface area contributed by atoms with Crippen molar-refractivity contribution in [1.82, 2.24) is 0 Å². The van der Waals surface area contributed by atoms with Crippen molar-refractivity contribution in [3.63, 3.8) is 0 Å². The average Bonchev–Trinajstić information content (AvgIpc) is 3.05. The first-order chi connectivity index (χ1) is 13.5. The molecule has 3 aliphatic rings. The van der Waals surface area contributed by atoms with Gasteiger partial charge < -0.3 is 0 Å². The molecular weight excluding hydrogens is 352 g/mol. The predicted molar refractivity (Wildman–Crippen MR) is 126 cm³/mol. The van der Waals surface area contributed by atoms with Crippen molar-refractivity contribution >= 4 is 13.6 Å². The van der Waals surface area contributed by atoms with Gasteiger partial charge in [-0.1, -0.05) is 113 Å². The van der Waals surface area contributed by atoms with Crippen molar-refractivity contribution in [2.45, 2.75) is 83.5 Å². The molecule has 0 amide bonds. The molecule has 5 unspecified atom stereocenters. The van der Waals surface area contributed by atoms with Gasteiger partial charge in [0.2, 0.25) is 0 Å². The second-order valence-corrected chi connectivity index (χ2v) is 15.2. The first-order valence-corrected chi connectivity index (χ1v) is 14.7. The summed E-state index contributed by atoms with van der Waals surface area (Å²) < 4.78 is 0. The zero-order chi connectivity index (χ0) is 19.7. The Labute approximate surface area is 174 Å². The molecule has 1 aliphatic heterocycles. The molecule has 1 saturated carbocycles. The molecule has 0 nitrogen and oxygen atoms in total. The Kier molecular flexibility index (Phi) is 6.02. The first kappa shape index (κ1) is 20.2. The van der Waals surface area contributed by atoms with Gasteiger partial charge in [0.15, 0.2) is 0 Å². The van der Waals surface area contributed by atoms with Crippen LogP contribution >= 0.6 is 0 Å². The number of allylic oxidation sites excluding steroid dienone is 4. The highest BCUT2D eigenvalue weighted by Gasteiger charge is 2.53. The molecule has 152 valence electrons. The molecule has 0 N–H and O–H groups in total. The van der Waals surface area contributed by atoms with Crippen LogP contribution in [0.3, 0.4) is 0 Å². The maximum atomic E-state index is 2.64. The monoisotopic (exact) mass is 392 g/mol. The van der Waals surface area contributed by atoms with E-state index in [2.05, 4.69) is 70.2 Å². The van der Waals surface area contributed by atoms with Crippen LogP contribution in [-0.4, -0.2) is 8.07 Å². The topological polar surface area (TPSA) is 0 Å². The molecular formula is C27H40Si. The summed E-state index contributed by atoms with van der Waals surface area (Å²) in [5, 5.41) is 0. The Morgan fingerprint density at radius 2 is 1.79 bits per heavy atom. The summed E-state index contributed by atoms with van der Waals surface area (Å²) in [6.45, 7) is 9.76. The normalized spacial score (nSPS) is 32.6. The van der Waals surface area contributed by atoms with Gasteiger partial charge >= 0.3 is 0 Å². The second kappa shape index (κ2) is 8.34. The number of aryl methyl sites for hydroxylation is 1. The zero-order valence-corrected chi connectivity index (χ0v) is 19.6. The van der Waals surface area contributed by atoms with Crippen molar-refractivity contribution in [1.29, 1.82) is 0 Å². The molecule has 2 fully saturated rings. The van der Waals surface area contributed by atoms with Crippen LogP contribution in [0.4, 0.5) is 0 Å². The lowest BCUT2D eigenvalue weighted by molar-refractivity contribution is 0.508. The van der Waals surface area contributed by atoms with Gasteiger partial charge in [0.25, 0.3) is 0 Å². The molecule has 1 aromatic carbocycles. The van der Waals surface area contributed by atoms with Crippen molar-refractivity contribution in [3.05, 3.63) is 53.6 Å². The fourth-order valence-electron chi connectivity index (χ4n) is 7.17. The van der Waals surface area contributed by atoms with E-state index >= 15 is 0 Å². The summed E-state index contributed by atoms with van der Waals surface area (Å²) in [5.74, 6) is 3.40. The molecule has 0 radical (unpaired) electrons. The van der Waals surface area contributed by atoms with Gasteiger partial charge in [-0.15, -0.1) is 0 Å². The zero-order valence-electron chi connectivity index (χ0n) is 18.6. The largest absolute Gasteiger partial charge is 0.0808 e. The third-order valence-corrected chi connectivity index (χ3v) is 15.1. The van der Waals surface area contributed by atoms with Crippen molar-refractivity contribution < 1.29 is 0 Å². The molecule has 0 spiro atoms. The molecule has 5 atom stereocenters. The van der Waals surface area contributed by atoms with E-state index in [1.165, 1.54) is 43.2 Å². The minimum atomic E-state index is -1.22. The van der Waals surface area contributed by atoms with Crippen molar-refractivity contribution in [2.75, 3.05) is 0 Å². The molecule has 0 bridgehead atoms. The Hall–Kier alpha value is -1.08. The molecule has 1 saturated heterocycles. The Morgan fingerprint density at radius 1 is 1.07 bits per heavy atom. The number of rotatable bonds is 5. The van der Waals surface area contributed by atoms with Crippen LogP contribution in [0.25, 0.3) is 5.57 Å². The summed E-state index contributed by atoms with van der Waals surface area (Å²) in [7, 11) is -1.22. The highest BCUT2D eigenvalue weighted by atomic mass is 28.3. The van der Waals surface area contributed by atoms with E-state index in [4.69, 9.17) is 0 Å². The SMILES string of the molecule is CCC(C)C[Si]1(C2C(C)CC3C(c4ccc(C)cc4)=CC=CC32)CCCCC1. The molecule has 1 heteroatoms. The van der Waals surface area contributed by atoms with Gasteiger partial charge in [-0.05, 0) is 53.7 Å². The summed E-state index contributed by atoms with van der Waals surface area (Å²) in [6, 6.07) is 14.1. The second-order valence-electron chi connectivity index (χ2n) is 10.4. The lowest BCUT2D eigenvalue weighted by Gasteiger charge is -2.46. The Balaban J connectivity index is 1.65. The Morgan fingerprint density at radius 3 is 2.46 bits per heavy atom. The minimum Gasteiger partial charge on any atom is -0.0808 e. The third-order valence-electron chi connectivity index (χ3n) is 8.52. The molecule has 0 aromatic heterocycles. The van der Waals surface area contributed by atoms with Crippen LogP contribution in [0, 0.1) is 30.6 Å². The van der Waals surface area contributed by atoms with Crippen molar-refractivity contribution in [2.24, 2.45) is 23.7 Å². The number of benzene rings is 1. The van der Waals surface area contributed by atoms with Crippen LogP contribution in [0.2, 0.25) is 23.7 Å². The van der Waals surface area contributed by atoms with Crippen LogP contribution in [0.15, 0.2) is 42.5 Å². The molecule has 2 aliphatic carbocycles. The summed E-state index contributed by atoms with van der Waals surface area (Å²) in [6.07, 6.45) is 14.8. The number of hydrogen-bond acceptors (Lipinski definition) is 0. The van der Waals surface area contributed by atoms with E-state index in [1.807, 2.05) is 0 Å². The number of hydrogen-bond donors (Lipinski definition) is 0. The smallest absolute Gasteiger partial charge is 0.0578 e. The summed E-state index contributed by atoms with van der Waals surface area (Å²) in [4.78, 5) is 0. The minimum absolute atomic E-state index is 0.760. The number of fused-ring (bicyclic) bond motifs is 1. The van der Waals surface area contributed by atoms with E-state index in [0.717, 1.165) is 29.2 Å². The van der Waals surface area contributed by atoms with Gasteiger partial charge in [-0.3, -0.25) is 0 Å². The van der Waals surface area contributed by atoms with E-state index < -0.39 is 8.07 Å². The Bertz CT molecular complexity index is 719. The molecule has 1 heterocycles. The quantitative estimate of drug-likeness (QED) is 0.442. The van der Waals surface area contributed by atoms with Gasteiger partial charge in [-0.2, -0.15) is 0 Å². The summed E-state index contributed by atoms with van der Waals surface area (Å²) >= 11 is 0. The van der Waals surface area contributed by atoms with E-state index in [9.17, 15) is 0 Å². The fraction of sp³-hybridized carbons (Fsp3) is 0.630. The van der Waals surface area contributed by atoms with E-state index in [-0.39, 0.29) is 0 Å². The summed E-state index contributed by atoms with van der Waals surface area (Å²) in [5.41, 5.74) is 5.48. The van der Waals surface area contributed by atoms with Crippen LogP contribution < -0.4 is 0 Å². The maximum Gasteiger partial charge on any atom is 0.0578 e. The molecule has 1 aromatic rings. The highest BCUT2D eigenvalue weighted by molar-refractivity contribution is 6.81. The maximum absolute atomic E-state index is 2.64. The lowest BCUT2D eigenvalue weighted by Crippen LogP contribution is -2.46. The van der Waals surface area contributed by atoms with Crippen molar-refractivity contribution in [3.8, 4) is 0 Å². The lowest BCUT2D eigenvalue weighted by atomic mass is 9.81. The first-order valence-electron chi connectivity index (χ1n) is 12.0. The van der Waals surface area contributed by atoms with Crippen LogP contribution in [0.5, 0.6) is 0 Å².